The van der Waals surface area contributed by atoms with E-state index in [1.807, 2.05) is 36.4 Å². The Hall–Kier alpha value is -2.42. The third-order valence-corrected chi connectivity index (χ3v) is 5.44. The highest BCUT2D eigenvalue weighted by molar-refractivity contribution is 6.10. The van der Waals surface area contributed by atoms with Gasteiger partial charge in [0, 0.05) is 5.92 Å². The van der Waals surface area contributed by atoms with E-state index >= 15 is 0 Å². The van der Waals surface area contributed by atoms with E-state index in [-0.39, 0.29) is 35.0 Å². The van der Waals surface area contributed by atoms with Crippen molar-refractivity contribution in [2.24, 2.45) is 11.8 Å². The summed E-state index contributed by atoms with van der Waals surface area (Å²) in [7, 11) is 0. The summed E-state index contributed by atoms with van der Waals surface area (Å²) in [5, 5.41) is 0. The maximum absolute atomic E-state index is 12.7. The van der Waals surface area contributed by atoms with Gasteiger partial charge in [-0.15, -0.1) is 0 Å². The van der Waals surface area contributed by atoms with E-state index in [0.717, 1.165) is 11.1 Å². The van der Waals surface area contributed by atoms with Crippen LogP contribution in [-0.2, 0) is 21.5 Å². The number of nitrogens with zero attached hydrogens (tertiary/aromatic N) is 1. The molecule has 0 radical (unpaired) electrons. The summed E-state index contributed by atoms with van der Waals surface area (Å²) in [6.45, 7) is 6.92. The molecule has 0 spiro atoms. The predicted octanol–water partition coefficient (Wildman–Crippen LogP) is 3.88. The molecule has 1 aliphatic carbocycles. The first-order chi connectivity index (χ1) is 11.9. The summed E-state index contributed by atoms with van der Waals surface area (Å²) < 4.78 is 0. The molecule has 3 atom stereocenters. The molecule has 128 valence electrons. The van der Waals surface area contributed by atoms with E-state index in [1.54, 1.807) is 0 Å². The molecule has 2 aromatic carbocycles. The van der Waals surface area contributed by atoms with Gasteiger partial charge >= 0.3 is 0 Å². The van der Waals surface area contributed by atoms with Crippen molar-refractivity contribution >= 4 is 11.8 Å². The fraction of sp³-hybridized carbons (Fsp3) is 0.364. The monoisotopic (exact) mass is 333 g/mol. The number of amides is 2. The van der Waals surface area contributed by atoms with Crippen LogP contribution in [0.1, 0.15) is 43.4 Å². The second kappa shape index (κ2) is 5.55. The van der Waals surface area contributed by atoms with Crippen molar-refractivity contribution in [1.29, 1.82) is 0 Å². The molecular weight excluding hydrogens is 310 g/mol. The van der Waals surface area contributed by atoms with E-state index in [2.05, 4.69) is 39.0 Å². The third-order valence-electron chi connectivity index (χ3n) is 5.44. The molecule has 0 N–H and O–H groups in total. The Morgan fingerprint density at radius 2 is 1.48 bits per heavy atom. The zero-order chi connectivity index (χ0) is 17.8. The largest absolute Gasteiger partial charge is 0.278 e. The molecule has 4 rings (SSSR count). The van der Waals surface area contributed by atoms with Gasteiger partial charge in [0.05, 0.1) is 18.4 Å². The smallest absolute Gasteiger partial charge is 0.234 e. The Morgan fingerprint density at radius 3 is 2.08 bits per heavy atom. The highest BCUT2D eigenvalue weighted by Gasteiger charge is 2.67. The molecular formula is C22H23NO2. The Bertz CT molecular complexity index is 813. The Kier molecular flexibility index (Phi) is 3.57. The minimum atomic E-state index is -0.161. The summed E-state index contributed by atoms with van der Waals surface area (Å²) >= 11 is 0. The molecule has 25 heavy (non-hydrogen) atoms. The van der Waals surface area contributed by atoms with E-state index in [1.165, 1.54) is 10.5 Å². The minimum Gasteiger partial charge on any atom is -0.278 e. The summed E-state index contributed by atoms with van der Waals surface area (Å²) in [5.41, 5.74) is 3.43. The Labute approximate surface area is 148 Å². The number of benzene rings is 2. The van der Waals surface area contributed by atoms with Crippen LogP contribution < -0.4 is 0 Å². The lowest BCUT2D eigenvalue weighted by Crippen LogP contribution is -2.33. The van der Waals surface area contributed by atoms with Crippen molar-refractivity contribution in [1.82, 2.24) is 4.90 Å². The standard InChI is InChI=1S/C22H23NO2/c1-22(2,3)16-11-7-10-15(12-16)17-18-19(17)21(25)23(20(18)24)13-14-8-5-4-6-9-14/h4-12,17-19H,13H2,1-3H3/t17-,18-,19+. The fourth-order valence-corrected chi connectivity index (χ4v) is 3.94. The van der Waals surface area contributed by atoms with Gasteiger partial charge in [-0.1, -0.05) is 75.4 Å². The Balaban J connectivity index is 1.54. The van der Waals surface area contributed by atoms with Crippen molar-refractivity contribution in [3.63, 3.8) is 0 Å². The number of rotatable bonds is 3. The average Bonchev–Trinajstić information content (AvgIpc) is 3.29. The molecule has 2 aromatic rings. The van der Waals surface area contributed by atoms with Gasteiger partial charge < -0.3 is 0 Å². The topological polar surface area (TPSA) is 37.4 Å². The van der Waals surface area contributed by atoms with Gasteiger partial charge in [-0.05, 0) is 22.1 Å². The van der Waals surface area contributed by atoms with Crippen LogP contribution in [0.25, 0.3) is 0 Å². The van der Waals surface area contributed by atoms with Crippen LogP contribution >= 0.6 is 0 Å². The first-order valence-corrected chi connectivity index (χ1v) is 8.87. The second-order valence-corrected chi connectivity index (χ2v) is 8.20. The highest BCUT2D eigenvalue weighted by Crippen LogP contribution is 2.59. The van der Waals surface area contributed by atoms with Crippen LogP contribution in [0.4, 0.5) is 0 Å². The number of piperidine rings is 1. The van der Waals surface area contributed by atoms with Crippen molar-refractivity contribution in [2.45, 2.75) is 38.6 Å². The maximum atomic E-state index is 12.7. The summed E-state index contributed by atoms with van der Waals surface area (Å²) in [5.74, 6) is -0.276. The normalized spacial score (nSPS) is 25.2. The number of fused-ring (bicyclic) bond motifs is 1. The molecule has 2 fully saturated rings. The van der Waals surface area contributed by atoms with Crippen molar-refractivity contribution in [3.8, 4) is 0 Å². The molecule has 2 amide bonds. The quantitative estimate of drug-likeness (QED) is 0.799. The number of hydrogen-bond acceptors (Lipinski definition) is 2. The lowest BCUT2D eigenvalue weighted by Gasteiger charge is -2.21. The SMILES string of the molecule is CC(C)(C)c1cccc([C@H]2[C@@H]3C(=O)N(Cc4ccccc4)C(=O)[C@@H]32)c1. The number of carbonyl (C=O) groups is 2. The Morgan fingerprint density at radius 1 is 0.840 bits per heavy atom. The van der Waals surface area contributed by atoms with Crippen molar-refractivity contribution < 1.29 is 9.59 Å². The van der Waals surface area contributed by atoms with Crippen LogP contribution in [-0.4, -0.2) is 16.7 Å². The number of likely N-dealkylation sites (tertiary alicyclic amines) is 1. The number of hydrogen-bond donors (Lipinski definition) is 0. The molecule has 0 aromatic heterocycles. The zero-order valence-corrected chi connectivity index (χ0v) is 14.9. The van der Waals surface area contributed by atoms with Crippen LogP contribution in [0.5, 0.6) is 0 Å². The van der Waals surface area contributed by atoms with Gasteiger partial charge in [0.2, 0.25) is 11.8 Å². The van der Waals surface area contributed by atoms with Gasteiger partial charge in [-0.25, -0.2) is 0 Å². The van der Waals surface area contributed by atoms with Crippen molar-refractivity contribution in [2.75, 3.05) is 0 Å². The lowest BCUT2D eigenvalue weighted by molar-refractivity contribution is -0.142. The van der Waals surface area contributed by atoms with E-state index in [0.29, 0.717) is 6.54 Å². The van der Waals surface area contributed by atoms with Crippen molar-refractivity contribution in [3.05, 3.63) is 71.3 Å². The van der Waals surface area contributed by atoms with Gasteiger partial charge in [-0.2, -0.15) is 0 Å². The molecule has 1 saturated carbocycles. The van der Waals surface area contributed by atoms with Gasteiger partial charge in [0.25, 0.3) is 0 Å². The summed E-state index contributed by atoms with van der Waals surface area (Å²) in [6, 6.07) is 18.1. The van der Waals surface area contributed by atoms with Gasteiger partial charge in [0.15, 0.2) is 0 Å². The molecule has 0 bridgehead atoms. The third kappa shape index (κ3) is 2.68. The molecule has 1 saturated heterocycles. The first-order valence-electron chi connectivity index (χ1n) is 8.87. The molecule has 2 aliphatic rings. The van der Waals surface area contributed by atoms with Crippen LogP contribution in [0.15, 0.2) is 54.6 Å². The predicted molar refractivity (Wildman–Crippen MR) is 96.9 cm³/mol. The summed E-state index contributed by atoms with van der Waals surface area (Å²) in [4.78, 5) is 26.9. The second-order valence-electron chi connectivity index (χ2n) is 8.20. The molecule has 3 nitrogen and oxygen atoms in total. The maximum Gasteiger partial charge on any atom is 0.234 e. The summed E-state index contributed by atoms with van der Waals surface area (Å²) in [6.07, 6.45) is 0. The average molecular weight is 333 g/mol. The molecule has 0 unspecified atom stereocenters. The zero-order valence-electron chi connectivity index (χ0n) is 14.9. The molecule has 1 aliphatic heterocycles. The first kappa shape index (κ1) is 16.1. The minimum absolute atomic E-state index is 0.00925. The van der Waals surface area contributed by atoms with Crippen LogP contribution in [0.3, 0.4) is 0 Å². The highest BCUT2D eigenvalue weighted by atomic mass is 16.2. The van der Waals surface area contributed by atoms with Crippen LogP contribution in [0, 0.1) is 11.8 Å². The number of imide groups is 1. The van der Waals surface area contributed by atoms with E-state index in [9.17, 15) is 9.59 Å². The van der Waals surface area contributed by atoms with Gasteiger partial charge in [0.1, 0.15) is 0 Å². The van der Waals surface area contributed by atoms with E-state index < -0.39 is 0 Å². The lowest BCUT2D eigenvalue weighted by atomic mass is 9.85. The fourth-order valence-electron chi connectivity index (χ4n) is 3.94. The van der Waals surface area contributed by atoms with E-state index in [4.69, 9.17) is 0 Å². The molecule has 1 heterocycles. The number of carbonyl (C=O) groups excluding carboxylic acids is 2. The van der Waals surface area contributed by atoms with Crippen LogP contribution in [0.2, 0.25) is 0 Å². The molecule has 3 heteroatoms. The van der Waals surface area contributed by atoms with Gasteiger partial charge in [-0.3, -0.25) is 14.5 Å².